The summed E-state index contributed by atoms with van der Waals surface area (Å²) in [6.07, 6.45) is 17.4. The number of nitrogens with zero attached hydrogens (tertiary/aromatic N) is 2. The zero-order chi connectivity index (χ0) is 44.5. The minimum atomic E-state index is -0.135. The molecule has 15 rings (SSSR count). The molecular weight excluding hydrogens is 809 g/mol. The fraction of sp³-hybridized carbons (Fsp3) is 0.354. The second-order valence-electron chi connectivity index (χ2n) is 22.9. The van der Waals surface area contributed by atoms with Crippen molar-refractivity contribution >= 4 is 34.1 Å². The molecule has 0 radical (unpaired) electrons. The number of hydrogen-bond donors (Lipinski definition) is 0. The van der Waals surface area contributed by atoms with Crippen molar-refractivity contribution in [2.75, 3.05) is 9.80 Å². The predicted octanol–water partition coefficient (Wildman–Crippen LogP) is 17.0. The van der Waals surface area contributed by atoms with Gasteiger partial charge in [0.25, 0.3) is 0 Å². The van der Waals surface area contributed by atoms with Gasteiger partial charge in [0.15, 0.2) is 0 Å². The lowest BCUT2D eigenvalue weighted by Gasteiger charge is -2.57. The SMILES string of the molecule is CC1(C)c2ccccc2-c2ccc(N(c3ccccc3)c3cccc4c3C35c6c(cccc6N(c6ccccc6)c6ccc(C78CC9CC(CC(C9)C7)C8)cc6)CC3CCCCCC5C4)cc21. The highest BCUT2D eigenvalue weighted by Gasteiger charge is 2.59. The summed E-state index contributed by atoms with van der Waals surface area (Å²) in [5.74, 6) is 3.86. The fourth-order valence-corrected chi connectivity index (χ4v) is 16.9. The van der Waals surface area contributed by atoms with Crippen molar-refractivity contribution in [1.29, 1.82) is 0 Å². The second-order valence-corrected chi connectivity index (χ2v) is 22.9. The van der Waals surface area contributed by atoms with Crippen molar-refractivity contribution in [3.63, 3.8) is 0 Å². The molecule has 5 fully saturated rings. The van der Waals surface area contributed by atoms with Gasteiger partial charge < -0.3 is 9.80 Å². The van der Waals surface area contributed by atoms with E-state index in [1.807, 2.05) is 0 Å². The van der Waals surface area contributed by atoms with Crippen molar-refractivity contribution in [3.8, 4) is 11.1 Å². The molecule has 4 bridgehead atoms. The molecule has 3 atom stereocenters. The Morgan fingerprint density at radius 3 is 1.51 bits per heavy atom. The van der Waals surface area contributed by atoms with Crippen LogP contribution in [0, 0.1) is 29.6 Å². The van der Waals surface area contributed by atoms with Crippen LogP contribution in [0.2, 0.25) is 0 Å². The lowest BCUT2D eigenvalue weighted by molar-refractivity contribution is -0.00518. The Kier molecular flexibility index (Phi) is 9.05. The van der Waals surface area contributed by atoms with Gasteiger partial charge in [-0.25, -0.2) is 0 Å². The molecule has 0 aliphatic heterocycles. The first kappa shape index (κ1) is 40.2. The molecule has 0 heterocycles. The molecule has 334 valence electrons. The van der Waals surface area contributed by atoms with Gasteiger partial charge in [-0.3, -0.25) is 0 Å². The number of para-hydroxylation sites is 2. The van der Waals surface area contributed by atoms with E-state index in [1.165, 1.54) is 127 Å². The van der Waals surface area contributed by atoms with Crippen LogP contribution in [0.3, 0.4) is 0 Å². The molecule has 67 heavy (non-hydrogen) atoms. The third-order valence-corrected chi connectivity index (χ3v) is 19.0. The van der Waals surface area contributed by atoms with Crippen molar-refractivity contribution < 1.29 is 0 Å². The number of anilines is 6. The quantitative estimate of drug-likeness (QED) is 0.157. The maximum absolute atomic E-state index is 2.67. The standard InChI is InChI=1S/C65H64N2/c1-63(2)57-25-13-12-24-55(57)56-33-32-54(39-58(56)63)67(52-22-10-5-11-23-52)60-27-15-17-47-38-50-19-7-3-6-18-49-37-46-16-14-26-59(61(46)65(49,50)62(47)60)66(51-20-8-4-9-21-51)53-30-28-48(29-31-53)64-40-43-34-44(41-64)36-45(35-43)42-64/h4-5,8-17,20-33,39,43-45,49-50H,3,6-7,18-19,34-38,40-42H2,1-2H3. The van der Waals surface area contributed by atoms with Gasteiger partial charge in [0.1, 0.15) is 0 Å². The lowest BCUT2D eigenvalue weighted by atomic mass is 9.48. The van der Waals surface area contributed by atoms with Gasteiger partial charge in [-0.05, 0) is 210 Å². The third kappa shape index (κ3) is 5.93. The van der Waals surface area contributed by atoms with Gasteiger partial charge >= 0.3 is 0 Å². The van der Waals surface area contributed by atoms with Gasteiger partial charge in [0.05, 0.1) is 11.4 Å². The van der Waals surface area contributed by atoms with E-state index in [9.17, 15) is 0 Å². The molecule has 0 amide bonds. The molecule has 7 aromatic rings. The molecule has 0 aromatic heterocycles. The highest BCUT2D eigenvalue weighted by molar-refractivity contribution is 5.89. The van der Waals surface area contributed by atoms with E-state index < -0.39 is 0 Å². The van der Waals surface area contributed by atoms with Crippen molar-refractivity contribution in [2.45, 2.75) is 114 Å². The topological polar surface area (TPSA) is 6.48 Å². The zero-order valence-electron chi connectivity index (χ0n) is 39.6. The highest BCUT2D eigenvalue weighted by Crippen LogP contribution is 2.67. The van der Waals surface area contributed by atoms with Gasteiger partial charge in [-0.15, -0.1) is 0 Å². The van der Waals surface area contributed by atoms with E-state index >= 15 is 0 Å². The molecular formula is C65H64N2. The average molecular weight is 873 g/mol. The minimum Gasteiger partial charge on any atom is -0.310 e. The van der Waals surface area contributed by atoms with Crippen LogP contribution in [0.5, 0.6) is 0 Å². The maximum Gasteiger partial charge on any atom is 0.0505 e. The number of fused-ring (bicyclic) bond motifs is 5. The largest absolute Gasteiger partial charge is 0.310 e. The normalized spacial score (nSPS) is 27.8. The molecule has 2 nitrogen and oxygen atoms in total. The Balaban J connectivity index is 0.968. The maximum atomic E-state index is 2.67. The minimum absolute atomic E-state index is 0.0923. The number of hydrogen-bond acceptors (Lipinski definition) is 2. The van der Waals surface area contributed by atoms with Crippen LogP contribution in [-0.4, -0.2) is 0 Å². The van der Waals surface area contributed by atoms with Crippen LogP contribution in [0.15, 0.2) is 164 Å². The van der Waals surface area contributed by atoms with E-state index in [-0.39, 0.29) is 10.8 Å². The Labute approximate surface area is 399 Å². The van der Waals surface area contributed by atoms with Gasteiger partial charge in [0.2, 0.25) is 0 Å². The Hall–Kier alpha value is -5.86. The summed E-state index contributed by atoms with van der Waals surface area (Å²) in [6.45, 7) is 4.84. The van der Waals surface area contributed by atoms with Gasteiger partial charge in [-0.1, -0.05) is 136 Å². The highest BCUT2D eigenvalue weighted by atomic mass is 15.2. The van der Waals surface area contributed by atoms with Crippen LogP contribution >= 0.6 is 0 Å². The Bertz CT molecular complexity index is 2990. The lowest BCUT2D eigenvalue weighted by Crippen LogP contribution is -2.48. The summed E-state index contributed by atoms with van der Waals surface area (Å²) in [7, 11) is 0. The van der Waals surface area contributed by atoms with E-state index in [1.54, 1.807) is 27.8 Å². The average Bonchev–Trinajstić information content (AvgIpc) is 3.93. The second kappa shape index (κ2) is 15.1. The zero-order valence-corrected chi connectivity index (χ0v) is 39.6. The fourth-order valence-electron chi connectivity index (χ4n) is 16.9. The van der Waals surface area contributed by atoms with Crippen molar-refractivity contribution in [2.24, 2.45) is 29.6 Å². The third-order valence-electron chi connectivity index (χ3n) is 19.0. The number of rotatable bonds is 7. The first-order chi connectivity index (χ1) is 32.9. The van der Waals surface area contributed by atoms with Crippen LogP contribution in [-0.2, 0) is 29.1 Å². The Morgan fingerprint density at radius 2 is 0.925 bits per heavy atom. The molecule has 1 spiro atoms. The number of benzene rings is 7. The van der Waals surface area contributed by atoms with Crippen LogP contribution in [0.25, 0.3) is 11.1 Å². The molecule has 3 unspecified atom stereocenters. The summed E-state index contributed by atoms with van der Waals surface area (Å²) in [5, 5.41) is 0. The molecule has 2 heteroatoms. The van der Waals surface area contributed by atoms with Crippen LogP contribution < -0.4 is 9.80 Å². The van der Waals surface area contributed by atoms with Crippen molar-refractivity contribution in [1.82, 2.24) is 0 Å². The summed E-state index contributed by atoms with van der Waals surface area (Å²) < 4.78 is 0. The molecule has 0 N–H and O–H groups in total. The van der Waals surface area contributed by atoms with Crippen LogP contribution in [0.1, 0.15) is 123 Å². The summed E-state index contributed by atoms with van der Waals surface area (Å²) in [4.78, 5) is 5.33. The predicted molar refractivity (Wildman–Crippen MR) is 278 cm³/mol. The van der Waals surface area contributed by atoms with E-state index in [0.717, 1.165) is 30.6 Å². The van der Waals surface area contributed by atoms with E-state index in [0.29, 0.717) is 17.3 Å². The molecule has 8 aliphatic carbocycles. The van der Waals surface area contributed by atoms with Crippen LogP contribution in [0.4, 0.5) is 34.1 Å². The molecule has 8 aliphatic rings. The smallest absolute Gasteiger partial charge is 0.0505 e. The van der Waals surface area contributed by atoms with Gasteiger partial charge in [0, 0.05) is 33.6 Å². The van der Waals surface area contributed by atoms with E-state index in [4.69, 9.17) is 0 Å². The Morgan fingerprint density at radius 1 is 0.433 bits per heavy atom. The van der Waals surface area contributed by atoms with E-state index in [2.05, 4.69) is 187 Å². The molecule has 7 aromatic carbocycles. The summed E-state index contributed by atoms with van der Waals surface area (Å²) in [6, 6.07) is 64.1. The van der Waals surface area contributed by atoms with Crippen molar-refractivity contribution in [3.05, 3.63) is 203 Å². The summed E-state index contributed by atoms with van der Waals surface area (Å²) >= 11 is 0. The monoisotopic (exact) mass is 873 g/mol. The molecule has 0 saturated heterocycles. The first-order valence-corrected chi connectivity index (χ1v) is 26.2. The van der Waals surface area contributed by atoms with Gasteiger partial charge in [-0.2, -0.15) is 0 Å². The first-order valence-electron chi connectivity index (χ1n) is 26.2. The molecule has 5 saturated carbocycles. The summed E-state index contributed by atoms with van der Waals surface area (Å²) in [5.41, 5.74) is 21.4.